The summed E-state index contributed by atoms with van der Waals surface area (Å²) >= 11 is 2.38. The van der Waals surface area contributed by atoms with Crippen molar-refractivity contribution in [1.82, 2.24) is 0 Å². The normalized spacial score (nSPS) is 9.86. The first-order chi connectivity index (χ1) is 6.86. The van der Waals surface area contributed by atoms with Gasteiger partial charge in [-0.15, -0.1) is 3.69 Å². The standard InChI is InChI=1S/C11H9O.HI.Mg/c1-12-11-8-4-6-9-5-2-3-7-10(9)11;;/h2-5,7-8H,1H3;1H;/q;;+1/p-1. The second-order valence-electron chi connectivity index (χ2n) is 3.11. The van der Waals surface area contributed by atoms with E-state index in [1.54, 1.807) is 7.11 Å². The first-order valence-corrected chi connectivity index (χ1v) is 10.3. The molecule has 0 spiro atoms. The SMILES string of the molecule is COc1cc[c]([Mg][I])c2ccccc12. The van der Waals surface area contributed by atoms with E-state index in [9.17, 15) is 0 Å². The number of hydrogen-bond acceptors (Lipinski definition) is 1. The lowest BCUT2D eigenvalue weighted by Gasteiger charge is -2.08. The molecule has 0 saturated heterocycles. The van der Waals surface area contributed by atoms with Crippen LogP contribution in [0.5, 0.6) is 5.75 Å². The molecule has 0 fully saturated rings. The Morgan fingerprint density at radius 2 is 1.79 bits per heavy atom. The summed E-state index contributed by atoms with van der Waals surface area (Å²) in [7, 11) is 1.73. The highest BCUT2D eigenvalue weighted by Crippen LogP contribution is 2.23. The van der Waals surface area contributed by atoms with Gasteiger partial charge in [-0.1, -0.05) is 30.3 Å². The van der Waals surface area contributed by atoms with Gasteiger partial charge in [0.15, 0.2) is 0 Å². The Hall–Kier alpha value is -0.00377. The minimum Gasteiger partial charge on any atom is -0.496 e. The zero-order chi connectivity index (χ0) is 9.97. The van der Waals surface area contributed by atoms with Gasteiger partial charge in [0.1, 0.15) is 5.75 Å². The van der Waals surface area contributed by atoms with Gasteiger partial charge in [0.2, 0.25) is 0 Å². The van der Waals surface area contributed by atoms with Crippen LogP contribution in [0.3, 0.4) is 0 Å². The molecule has 0 heterocycles. The Morgan fingerprint density at radius 1 is 1.07 bits per heavy atom. The van der Waals surface area contributed by atoms with Crippen molar-refractivity contribution in [1.29, 1.82) is 0 Å². The van der Waals surface area contributed by atoms with Crippen LogP contribution in [0, 0.1) is 0 Å². The highest BCUT2D eigenvalue weighted by atomic mass is 127. The largest absolute Gasteiger partial charge is 0.503 e. The molecule has 3 heteroatoms. The first-order valence-electron chi connectivity index (χ1n) is 4.47. The van der Waals surface area contributed by atoms with Crippen LogP contribution in [-0.2, 0) is 0 Å². The van der Waals surface area contributed by atoms with Crippen molar-refractivity contribution in [2.24, 2.45) is 0 Å². The average molecular weight is 308 g/mol. The molecular formula is C11H9IMgO. The van der Waals surface area contributed by atoms with Gasteiger partial charge in [-0.2, -0.15) is 0 Å². The third kappa shape index (κ3) is 1.85. The van der Waals surface area contributed by atoms with Crippen molar-refractivity contribution in [3.63, 3.8) is 0 Å². The Bertz CT molecular complexity index is 413. The molecule has 0 atom stereocenters. The second-order valence-corrected chi connectivity index (χ2v) is 6.42. The Balaban J connectivity index is 2.78. The monoisotopic (exact) mass is 308 g/mol. The van der Waals surface area contributed by atoms with Gasteiger partial charge in [-0.25, -0.2) is 0 Å². The molecule has 0 saturated carbocycles. The molecule has 2 rings (SSSR count). The summed E-state index contributed by atoms with van der Waals surface area (Å²) in [6.45, 7) is 0. The van der Waals surface area contributed by atoms with E-state index in [4.69, 9.17) is 4.74 Å². The summed E-state index contributed by atoms with van der Waals surface area (Å²) in [5.74, 6) is 0.975. The smallest absolute Gasteiger partial charge is 0.496 e. The third-order valence-electron chi connectivity index (χ3n) is 2.34. The topological polar surface area (TPSA) is 9.23 Å². The van der Waals surface area contributed by atoms with Crippen molar-refractivity contribution in [3.05, 3.63) is 36.4 Å². The zero-order valence-corrected chi connectivity index (χ0v) is 11.5. The maximum atomic E-state index is 5.34. The fourth-order valence-electron chi connectivity index (χ4n) is 1.63. The molecule has 0 radical (unpaired) electrons. The lowest BCUT2D eigenvalue weighted by atomic mass is 10.1. The van der Waals surface area contributed by atoms with Gasteiger partial charge in [-0.05, 0) is 11.5 Å². The predicted octanol–water partition coefficient (Wildman–Crippen LogP) is 2.53. The molecule has 0 bridgehead atoms. The molecule has 2 aromatic rings. The summed E-state index contributed by atoms with van der Waals surface area (Å²) in [6, 6.07) is 12.7. The average Bonchev–Trinajstić information content (AvgIpc) is 2.27. The molecule has 0 unspecified atom stereocenters. The quantitative estimate of drug-likeness (QED) is 0.612. The van der Waals surface area contributed by atoms with E-state index < -0.39 is 0 Å². The minimum absolute atomic E-state index is 0.140. The van der Waals surface area contributed by atoms with Gasteiger partial charge in [0.25, 0.3) is 0 Å². The zero-order valence-electron chi connectivity index (χ0n) is 7.96. The van der Waals surface area contributed by atoms with Crippen molar-refractivity contribution < 1.29 is 4.74 Å². The van der Waals surface area contributed by atoms with Crippen LogP contribution >= 0.6 is 18.9 Å². The van der Waals surface area contributed by atoms with E-state index in [0.29, 0.717) is 0 Å². The number of ether oxygens (including phenoxy) is 1. The van der Waals surface area contributed by atoms with Gasteiger partial charge in [-0.3, -0.25) is 18.9 Å². The summed E-state index contributed by atoms with van der Waals surface area (Å²) < 4.78 is 6.84. The third-order valence-corrected chi connectivity index (χ3v) is 5.71. The summed E-state index contributed by atoms with van der Waals surface area (Å²) in [5, 5.41) is 2.59. The molecule has 2 aromatic carbocycles. The number of fused-ring (bicyclic) bond motifs is 1. The van der Waals surface area contributed by atoms with Crippen LogP contribution in [0.4, 0.5) is 0 Å². The van der Waals surface area contributed by atoms with Crippen molar-refractivity contribution in [2.75, 3.05) is 7.11 Å². The van der Waals surface area contributed by atoms with Gasteiger partial charge in [0.05, 0.1) is 7.11 Å². The van der Waals surface area contributed by atoms with Crippen molar-refractivity contribution in [3.8, 4) is 5.75 Å². The van der Waals surface area contributed by atoms with E-state index in [1.807, 2.05) is 0 Å². The molecule has 0 aliphatic rings. The van der Waals surface area contributed by atoms with Crippen LogP contribution in [-0.4, -0.2) is 23.6 Å². The summed E-state index contributed by atoms with van der Waals surface area (Å²) in [4.78, 5) is 0. The number of benzene rings is 2. The van der Waals surface area contributed by atoms with E-state index in [1.165, 1.54) is 14.5 Å². The number of hydrogen-bond donors (Lipinski definition) is 0. The number of methoxy groups -OCH3 is 1. The number of rotatable bonds is 2. The molecule has 0 aromatic heterocycles. The Morgan fingerprint density at radius 3 is 2.43 bits per heavy atom. The Kier molecular flexibility index (Phi) is 3.51. The lowest BCUT2D eigenvalue weighted by Crippen LogP contribution is -2.09. The molecule has 68 valence electrons. The molecule has 1 nitrogen and oxygen atoms in total. The predicted molar refractivity (Wildman–Crippen MR) is 69.9 cm³/mol. The highest BCUT2D eigenvalue weighted by Gasteiger charge is 2.05. The van der Waals surface area contributed by atoms with Crippen LogP contribution in [0.1, 0.15) is 0 Å². The van der Waals surface area contributed by atoms with Crippen molar-refractivity contribution >= 4 is 49.8 Å². The lowest BCUT2D eigenvalue weighted by molar-refractivity contribution is 0.420. The fraction of sp³-hybridized carbons (Fsp3) is 0.0909. The summed E-state index contributed by atoms with van der Waals surface area (Å²) in [6.07, 6.45) is 0. The molecule has 0 amide bonds. The molecule has 0 aliphatic carbocycles. The molecule has 14 heavy (non-hydrogen) atoms. The Labute approximate surface area is 103 Å². The van der Waals surface area contributed by atoms with E-state index in [2.05, 4.69) is 55.2 Å². The van der Waals surface area contributed by atoms with Gasteiger partial charge < -0.3 is 4.74 Å². The highest BCUT2D eigenvalue weighted by molar-refractivity contribution is 14.1. The van der Waals surface area contributed by atoms with Crippen LogP contribution in [0.2, 0.25) is 0 Å². The maximum Gasteiger partial charge on any atom is 0.503 e. The van der Waals surface area contributed by atoms with E-state index >= 15 is 0 Å². The fourth-order valence-corrected chi connectivity index (χ4v) is 4.28. The van der Waals surface area contributed by atoms with Crippen LogP contribution in [0.25, 0.3) is 10.8 Å². The van der Waals surface area contributed by atoms with Gasteiger partial charge >= 0.3 is 16.5 Å². The number of halogens is 1. The van der Waals surface area contributed by atoms with Crippen LogP contribution < -0.4 is 8.43 Å². The van der Waals surface area contributed by atoms with Crippen molar-refractivity contribution in [2.45, 2.75) is 0 Å². The summed E-state index contributed by atoms with van der Waals surface area (Å²) in [5.41, 5.74) is 0. The maximum absolute atomic E-state index is 5.34. The molecule has 0 aliphatic heterocycles. The molecular weight excluding hydrogens is 299 g/mol. The second kappa shape index (κ2) is 4.68. The first kappa shape index (κ1) is 10.5. The van der Waals surface area contributed by atoms with E-state index in [-0.39, 0.29) is 16.5 Å². The molecule has 0 N–H and O–H groups in total. The van der Waals surface area contributed by atoms with Gasteiger partial charge in [0, 0.05) is 5.39 Å². The minimum atomic E-state index is -0.140. The van der Waals surface area contributed by atoms with Crippen LogP contribution in [0.15, 0.2) is 36.4 Å². The van der Waals surface area contributed by atoms with E-state index in [0.717, 1.165) is 5.75 Å².